The fourth-order valence-electron chi connectivity index (χ4n) is 3.45. The number of hydrogen-bond donors (Lipinski definition) is 1. The van der Waals surface area contributed by atoms with Crippen molar-refractivity contribution in [2.45, 2.75) is 18.3 Å². The number of hydrogen-bond acceptors (Lipinski definition) is 4. The van der Waals surface area contributed by atoms with Gasteiger partial charge < -0.3 is 10.1 Å². The molecule has 0 bridgehead atoms. The summed E-state index contributed by atoms with van der Waals surface area (Å²) in [6.45, 7) is 2.37. The average molecular weight is 398 g/mol. The maximum Gasteiger partial charge on any atom is 0.223 e. The molecule has 1 aliphatic rings. The fraction of sp³-hybridized carbons (Fsp3) is 0.300. The van der Waals surface area contributed by atoms with Crippen molar-refractivity contribution in [2.24, 2.45) is 0 Å². The molecule has 128 valence electrons. The van der Waals surface area contributed by atoms with Gasteiger partial charge in [0.05, 0.1) is 5.52 Å². The van der Waals surface area contributed by atoms with Crippen LogP contribution in [-0.2, 0) is 10.2 Å². The molecule has 0 unspecified atom stereocenters. The molecule has 1 N–H and O–H groups in total. The minimum absolute atomic E-state index is 0.0387. The molecule has 4 rings (SSSR count). The molecular formula is C20H20BrN3O. The van der Waals surface area contributed by atoms with E-state index in [2.05, 4.69) is 55.5 Å². The summed E-state index contributed by atoms with van der Waals surface area (Å²) >= 11 is 3.60. The first-order valence-electron chi connectivity index (χ1n) is 8.55. The highest BCUT2D eigenvalue weighted by atomic mass is 79.9. The van der Waals surface area contributed by atoms with E-state index in [9.17, 15) is 0 Å². The summed E-state index contributed by atoms with van der Waals surface area (Å²) < 4.78 is 6.72. The van der Waals surface area contributed by atoms with E-state index in [4.69, 9.17) is 4.74 Å². The standard InChI is InChI=1S/C20H20BrN3O/c21-17-6-3-5-16(12-17)20(8-10-25-11-9-20)14-23-19-22-13-15-4-1-2-7-18(15)24-19/h1-7,12-13H,8-11,14H2,(H,22,23,24). The molecule has 0 radical (unpaired) electrons. The zero-order valence-electron chi connectivity index (χ0n) is 13.9. The number of para-hydroxylation sites is 1. The van der Waals surface area contributed by atoms with E-state index in [-0.39, 0.29) is 5.41 Å². The lowest BCUT2D eigenvalue weighted by Crippen LogP contribution is -2.40. The van der Waals surface area contributed by atoms with Crippen LogP contribution in [-0.4, -0.2) is 29.7 Å². The summed E-state index contributed by atoms with van der Waals surface area (Å²) in [7, 11) is 0. The Morgan fingerprint density at radius 1 is 1.08 bits per heavy atom. The third-order valence-corrected chi connectivity index (χ3v) is 5.45. The highest BCUT2D eigenvalue weighted by molar-refractivity contribution is 9.10. The van der Waals surface area contributed by atoms with Crippen LogP contribution in [0.4, 0.5) is 5.95 Å². The van der Waals surface area contributed by atoms with Crippen LogP contribution in [0.2, 0.25) is 0 Å². The molecule has 1 fully saturated rings. The number of rotatable bonds is 4. The second kappa shape index (κ2) is 7.10. The van der Waals surface area contributed by atoms with Crippen molar-refractivity contribution >= 4 is 32.8 Å². The van der Waals surface area contributed by atoms with Crippen molar-refractivity contribution in [2.75, 3.05) is 25.1 Å². The van der Waals surface area contributed by atoms with Gasteiger partial charge in [-0.2, -0.15) is 0 Å². The molecule has 3 aromatic rings. The van der Waals surface area contributed by atoms with Gasteiger partial charge in [-0.25, -0.2) is 9.97 Å². The molecule has 0 aliphatic carbocycles. The molecule has 2 aromatic carbocycles. The summed E-state index contributed by atoms with van der Waals surface area (Å²) in [6, 6.07) is 16.6. The maximum atomic E-state index is 5.62. The maximum absolute atomic E-state index is 5.62. The zero-order valence-corrected chi connectivity index (χ0v) is 15.5. The second-order valence-electron chi connectivity index (χ2n) is 6.51. The summed E-state index contributed by atoms with van der Waals surface area (Å²) in [5.74, 6) is 0.680. The lowest BCUT2D eigenvalue weighted by Gasteiger charge is -2.38. The van der Waals surface area contributed by atoms with Crippen molar-refractivity contribution in [3.05, 3.63) is 64.8 Å². The van der Waals surface area contributed by atoms with E-state index in [0.29, 0.717) is 5.95 Å². The second-order valence-corrected chi connectivity index (χ2v) is 7.42. The molecule has 0 amide bonds. The lowest BCUT2D eigenvalue weighted by molar-refractivity contribution is 0.0543. The smallest absolute Gasteiger partial charge is 0.223 e. The van der Waals surface area contributed by atoms with Gasteiger partial charge in [0.2, 0.25) is 5.95 Å². The van der Waals surface area contributed by atoms with Gasteiger partial charge in [-0.05, 0) is 36.6 Å². The number of benzene rings is 2. The SMILES string of the molecule is Brc1cccc(C2(CNc3ncc4ccccc4n3)CCOCC2)c1. The van der Waals surface area contributed by atoms with Crippen LogP contribution in [0.5, 0.6) is 0 Å². The van der Waals surface area contributed by atoms with Crippen LogP contribution < -0.4 is 5.32 Å². The number of halogens is 1. The largest absolute Gasteiger partial charge is 0.381 e. The Morgan fingerprint density at radius 2 is 1.92 bits per heavy atom. The van der Waals surface area contributed by atoms with Crippen molar-refractivity contribution in [1.29, 1.82) is 0 Å². The monoisotopic (exact) mass is 397 g/mol. The highest BCUT2D eigenvalue weighted by Crippen LogP contribution is 2.36. The topological polar surface area (TPSA) is 47.0 Å². The summed E-state index contributed by atoms with van der Waals surface area (Å²) in [6.07, 6.45) is 3.86. The molecule has 4 nitrogen and oxygen atoms in total. The van der Waals surface area contributed by atoms with Crippen LogP contribution in [0.1, 0.15) is 18.4 Å². The van der Waals surface area contributed by atoms with Gasteiger partial charge in [0.15, 0.2) is 0 Å². The summed E-state index contributed by atoms with van der Waals surface area (Å²) in [4.78, 5) is 9.11. The van der Waals surface area contributed by atoms with Crippen molar-refractivity contribution in [1.82, 2.24) is 9.97 Å². The minimum atomic E-state index is 0.0387. The van der Waals surface area contributed by atoms with E-state index in [1.807, 2.05) is 30.5 Å². The predicted octanol–water partition coefficient (Wildman–Crippen LogP) is 4.55. The first-order chi connectivity index (χ1) is 12.3. The average Bonchev–Trinajstić information content (AvgIpc) is 2.67. The Labute approximate surface area is 155 Å². The number of nitrogens with zero attached hydrogens (tertiary/aromatic N) is 2. The number of nitrogens with one attached hydrogen (secondary N) is 1. The first kappa shape index (κ1) is 16.5. The van der Waals surface area contributed by atoms with Crippen molar-refractivity contribution < 1.29 is 4.74 Å². The number of aromatic nitrogens is 2. The van der Waals surface area contributed by atoms with Crippen LogP contribution in [0.25, 0.3) is 10.9 Å². The van der Waals surface area contributed by atoms with Gasteiger partial charge in [0, 0.05) is 41.2 Å². The molecule has 1 aromatic heterocycles. The summed E-state index contributed by atoms with van der Waals surface area (Å²) in [5, 5.41) is 4.53. The molecule has 25 heavy (non-hydrogen) atoms. The Morgan fingerprint density at radius 3 is 2.76 bits per heavy atom. The Balaban J connectivity index is 1.60. The molecule has 0 spiro atoms. The first-order valence-corrected chi connectivity index (χ1v) is 9.34. The quantitative estimate of drug-likeness (QED) is 0.701. The summed E-state index contributed by atoms with van der Waals surface area (Å²) in [5.41, 5.74) is 2.33. The molecule has 0 saturated carbocycles. The van der Waals surface area contributed by atoms with Gasteiger partial charge in [-0.1, -0.05) is 46.3 Å². The Kier molecular flexibility index (Phi) is 4.68. The fourth-order valence-corrected chi connectivity index (χ4v) is 3.85. The van der Waals surface area contributed by atoms with Gasteiger partial charge in [-0.15, -0.1) is 0 Å². The third-order valence-electron chi connectivity index (χ3n) is 4.96. The van der Waals surface area contributed by atoms with Crippen LogP contribution in [0.3, 0.4) is 0 Å². The molecule has 0 atom stereocenters. The Hall–Kier alpha value is -1.98. The Bertz CT molecular complexity index is 877. The van der Waals surface area contributed by atoms with Gasteiger partial charge >= 0.3 is 0 Å². The number of fused-ring (bicyclic) bond motifs is 1. The normalized spacial score (nSPS) is 16.7. The molecular weight excluding hydrogens is 378 g/mol. The van der Waals surface area contributed by atoms with Gasteiger partial charge in [-0.3, -0.25) is 0 Å². The van der Waals surface area contributed by atoms with E-state index in [1.165, 1.54) is 5.56 Å². The van der Waals surface area contributed by atoms with E-state index in [1.54, 1.807) is 0 Å². The highest BCUT2D eigenvalue weighted by Gasteiger charge is 2.34. The molecule has 1 aliphatic heterocycles. The van der Waals surface area contributed by atoms with Crippen molar-refractivity contribution in [3.63, 3.8) is 0 Å². The van der Waals surface area contributed by atoms with Crippen molar-refractivity contribution in [3.8, 4) is 0 Å². The zero-order chi connectivity index (χ0) is 17.1. The van der Waals surface area contributed by atoms with Crippen LogP contribution in [0, 0.1) is 0 Å². The van der Waals surface area contributed by atoms with Crippen LogP contribution in [0.15, 0.2) is 59.2 Å². The minimum Gasteiger partial charge on any atom is -0.381 e. The molecule has 2 heterocycles. The predicted molar refractivity (Wildman–Crippen MR) is 104 cm³/mol. The van der Waals surface area contributed by atoms with Gasteiger partial charge in [0.25, 0.3) is 0 Å². The van der Waals surface area contributed by atoms with E-state index < -0.39 is 0 Å². The van der Waals surface area contributed by atoms with E-state index in [0.717, 1.165) is 48.0 Å². The van der Waals surface area contributed by atoms with Crippen LogP contribution >= 0.6 is 15.9 Å². The number of anilines is 1. The molecule has 5 heteroatoms. The third kappa shape index (κ3) is 3.53. The van der Waals surface area contributed by atoms with E-state index >= 15 is 0 Å². The lowest BCUT2D eigenvalue weighted by atomic mass is 9.74. The molecule has 1 saturated heterocycles. The number of ether oxygens (including phenoxy) is 1. The van der Waals surface area contributed by atoms with Gasteiger partial charge in [0.1, 0.15) is 0 Å².